The van der Waals surface area contributed by atoms with Gasteiger partial charge in [-0.25, -0.2) is 0 Å². The number of aryl methyl sites for hydroxylation is 1. The van der Waals surface area contributed by atoms with Gasteiger partial charge in [0.1, 0.15) is 48.6 Å². The smallest absolute Gasteiger partial charge is 0.317 e. The summed E-state index contributed by atoms with van der Waals surface area (Å²) in [4.78, 5) is 35.5. The van der Waals surface area contributed by atoms with Gasteiger partial charge in [0.05, 0.1) is 25.4 Å². The molecule has 0 aliphatic carbocycles. The Kier molecular flexibility index (Phi) is 11.3. The normalized spacial score (nSPS) is 26.4. The molecule has 310 valence electrons. The molecule has 0 spiro atoms. The number of carboxylic acids is 1. The van der Waals surface area contributed by atoms with Crippen molar-refractivity contribution < 1.29 is 72.6 Å². The van der Waals surface area contributed by atoms with Gasteiger partial charge in [-0.1, -0.05) is 26.8 Å². The van der Waals surface area contributed by atoms with E-state index in [1.54, 1.807) is 18.2 Å². The van der Waals surface area contributed by atoms with E-state index in [0.717, 1.165) is 28.9 Å². The lowest BCUT2D eigenvalue weighted by Gasteiger charge is -2.42. The zero-order valence-electron chi connectivity index (χ0n) is 32.3. The molecule has 3 aromatic rings. The lowest BCUT2D eigenvalue weighted by atomic mass is 9.84. The van der Waals surface area contributed by atoms with Crippen LogP contribution in [0.4, 0.5) is 0 Å². The Hall–Kier alpha value is -5.26. The van der Waals surface area contributed by atoms with Gasteiger partial charge in [0, 0.05) is 34.7 Å². The quantitative estimate of drug-likeness (QED) is 0.121. The Morgan fingerprint density at radius 2 is 1.78 bits per heavy atom. The molecule has 0 aromatic heterocycles. The van der Waals surface area contributed by atoms with Gasteiger partial charge >= 0.3 is 11.9 Å². The summed E-state index contributed by atoms with van der Waals surface area (Å²) in [5.74, 6) is 0.237. The predicted molar refractivity (Wildman–Crippen MR) is 201 cm³/mol. The average Bonchev–Trinajstić information content (AvgIpc) is 3.82. The highest BCUT2D eigenvalue weighted by Crippen LogP contribution is 2.58. The van der Waals surface area contributed by atoms with Gasteiger partial charge in [0.2, 0.25) is 6.79 Å². The van der Waals surface area contributed by atoms with Crippen molar-refractivity contribution in [2.75, 3.05) is 33.2 Å². The second-order valence-electron chi connectivity index (χ2n) is 15.3. The zero-order valence-corrected chi connectivity index (χ0v) is 32.3. The molecule has 1 fully saturated rings. The van der Waals surface area contributed by atoms with Crippen molar-refractivity contribution in [2.45, 2.75) is 88.7 Å². The molecule has 8 rings (SSSR count). The first-order valence-corrected chi connectivity index (χ1v) is 19.5. The third kappa shape index (κ3) is 7.69. The molecular formula is C42H47NO15. The van der Waals surface area contributed by atoms with Gasteiger partial charge in [0.25, 0.3) is 0 Å². The van der Waals surface area contributed by atoms with E-state index in [9.17, 15) is 19.8 Å². The van der Waals surface area contributed by atoms with Gasteiger partial charge in [0.15, 0.2) is 35.7 Å². The van der Waals surface area contributed by atoms with Gasteiger partial charge in [-0.05, 0) is 66.3 Å². The molecule has 58 heavy (non-hydrogen) atoms. The first-order valence-electron chi connectivity index (χ1n) is 19.5. The number of aromatic hydroxyl groups is 1. The molecule has 5 aliphatic heterocycles. The number of phenolic OH excluding ortho intramolecular Hbond substituents is 1. The fourth-order valence-corrected chi connectivity index (χ4v) is 8.14. The monoisotopic (exact) mass is 805 g/mol. The molecular weight excluding hydrogens is 758 g/mol. The molecule has 16 heteroatoms. The highest BCUT2D eigenvalue weighted by Gasteiger charge is 2.51. The number of phenols is 1. The number of esters is 1. The number of aliphatic hydroxyl groups is 1. The number of hydrogen-bond acceptors (Lipinski definition) is 15. The van der Waals surface area contributed by atoms with E-state index in [1.807, 2.05) is 31.2 Å². The van der Waals surface area contributed by atoms with Crippen LogP contribution in [-0.4, -0.2) is 91.1 Å². The summed E-state index contributed by atoms with van der Waals surface area (Å²) in [6, 6.07) is 11.0. The minimum atomic E-state index is -1.48. The van der Waals surface area contributed by atoms with Crippen LogP contribution >= 0.6 is 0 Å². The summed E-state index contributed by atoms with van der Waals surface area (Å²) in [5, 5.41) is 31.4. The van der Waals surface area contributed by atoms with Crippen molar-refractivity contribution in [3.63, 3.8) is 0 Å². The van der Waals surface area contributed by atoms with Crippen LogP contribution in [0.1, 0.15) is 78.5 Å². The number of carbonyl (C=O) groups excluding carboxylic acids is 1. The summed E-state index contributed by atoms with van der Waals surface area (Å²) in [5.41, 5.74) is 10.6. The summed E-state index contributed by atoms with van der Waals surface area (Å²) in [6.45, 7) is 6.38. The lowest BCUT2D eigenvalue weighted by Crippen LogP contribution is -2.61. The average molecular weight is 806 g/mol. The van der Waals surface area contributed by atoms with Crippen molar-refractivity contribution in [2.24, 2.45) is 11.7 Å². The SMILES string of the molecule is CCc1cc(O)cc(C2C=COC3C(O)C(COC(=O)CC(=O)O)OC(OCCN)C3OOc3cc4c(cc32)OCC2c3cc5c(c(CC(C)C)c3OC42)OCO5)c1. The standard InChI is InChI=1S/C42H47NO15/c1-4-21-10-22(12-23(44)11-21)24-5-7-49-40-36(48)33(18-52-35(47)16-34(45)46)55-42(50-8-6-43)41(40)58-57-31-15-27-30(13-25(24)31)51-17-29-26-14-32-39(54-19-53-32)28(9-20(2)3)37(26)56-38(27)29/h5,7,10-15,20,24,29,33,36,38,40-42,44,48H,4,6,8-9,16-19,43H2,1-3H3,(H,45,46). The Labute approximate surface area is 334 Å². The molecule has 8 atom stereocenters. The number of allylic oxidation sites excluding steroid dienone is 1. The number of aliphatic hydroxyl groups excluding tert-OH is 1. The third-order valence-electron chi connectivity index (χ3n) is 10.8. The highest BCUT2D eigenvalue weighted by molar-refractivity contribution is 5.90. The van der Waals surface area contributed by atoms with Crippen molar-refractivity contribution in [3.8, 4) is 34.5 Å². The van der Waals surface area contributed by atoms with E-state index in [4.69, 9.17) is 58.5 Å². The first-order chi connectivity index (χ1) is 28.0. The van der Waals surface area contributed by atoms with Crippen LogP contribution in [0.15, 0.2) is 48.7 Å². The predicted octanol–water partition coefficient (Wildman–Crippen LogP) is 4.29. The first kappa shape index (κ1) is 39.6. The number of nitrogens with two attached hydrogens (primary N) is 1. The summed E-state index contributed by atoms with van der Waals surface area (Å²) >= 11 is 0. The molecule has 1 saturated heterocycles. The molecule has 8 unspecified atom stereocenters. The Bertz CT molecular complexity index is 2070. The molecule has 16 nitrogen and oxygen atoms in total. The highest BCUT2D eigenvalue weighted by atomic mass is 17.2. The van der Waals surface area contributed by atoms with Crippen LogP contribution in [0.25, 0.3) is 0 Å². The van der Waals surface area contributed by atoms with Crippen LogP contribution in [0.5, 0.6) is 34.5 Å². The minimum absolute atomic E-state index is 0.0226. The number of aliphatic carboxylic acids is 1. The van der Waals surface area contributed by atoms with Crippen molar-refractivity contribution in [1.29, 1.82) is 0 Å². The van der Waals surface area contributed by atoms with Gasteiger partial charge < -0.3 is 63.8 Å². The van der Waals surface area contributed by atoms with Gasteiger partial charge in [-0.3, -0.25) is 9.59 Å². The molecule has 5 N–H and O–H groups in total. The van der Waals surface area contributed by atoms with Crippen molar-refractivity contribution >= 4 is 11.9 Å². The van der Waals surface area contributed by atoms with E-state index in [0.29, 0.717) is 52.9 Å². The number of fused-ring (bicyclic) bond motifs is 8. The van der Waals surface area contributed by atoms with Crippen molar-refractivity contribution in [3.05, 3.63) is 82.1 Å². The Morgan fingerprint density at radius 1 is 0.966 bits per heavy atom. The Morgan fingerprint density at radius 3 is 2.55 bits per heavy atom. The van der Waals surface area contributed by atoms with Crippen LogP contribution in [0.3, 0.4) is 0 Å². The van der Waals surface area contributed by atoms with Gasteiger partial charge in [-0.15, -0.1) is 0 Å². The van der Waals surface area contributed by atoms with Gasteiger partial charge in [-0.2, -0.15) is 4.89 Å². The fraction of sp³-hybridized carbons (Fsp3) is 0.476. The number of benzene rings is 3. The maximum Gasteiger partial charge on any atom is 0.317 e. The fourth-order valence-electron chi connectivity index (χ4n) is 8.14. The third-order valence-corrected chi connectivity index (χ3v) is 10.8. The second-order valence-corrected chi connectivity index (χ2v) is 15.3. The zero-order chi connectivity index (χ0) is 40.7. The molecule has 5 aliphatic rings. The minimum Gasteiger partial charge on any atom is -0.508 e. The summed E-state index contributed by atoms with van der Waals surface area (Å²) < 4.78 is 48.3. The van der Waals surface area contributed by atoms with E-state index in [2.05, 4.69) is 13.8 Å². The van der Waals surface area contributed by atoms with Crippen LogP contribution in [0.2, 0.25) is 0 Å². The summed E-state index contributed by atoms with van der Waals surface area (Å²) in [7, 11) is 0. The number of carboxylic acid groups (broad SMARTS) is 1. The van der Waals surface area contributed by atoms with E-state index in [1.165, 1.54) is 6.26 Å². The number of ether oxygens (including phenoxy) is 8. The maximum absolute atomic E-state index is 12.1. The summed E-state index contributed by atoms with van der Waals surface area (Å²) in [6.07, 6.45) is -3.12. The molecule has 0 amide bonds. The van der Waals surface area contributed by atoms with Crippen LogP contribution in [-0.2, 0) is 46.3 Å². The maximum atomic E-state index is 12.1. The second kappa shape index (κ2) is 16.5. The molecule has 5 heterocycles. The van der Waals surface area contributed by atoms with Crippen LogP contribution in [0, 0.1) is 5.92 Å². The largest absolute Gasteiger partial charge is 0.508 e. The van der Waals surface area contributed by atoms with Crippen LogP contribution < -0.4 is 29.6 Å². The number of carbonyl (C=O) groups is 2. The van der Waals surface area contributed by atoms with Crippen molar-refractivity contribution in [1.82, 2.24) is 0 Å². The molecule has 0 radical (unpaired) electrons. The Balaban J connectivity index is 1.18. The lowest BCUT2D eigenvalue weighted by molar-refractivity contribution is -0.372. The topological polar surface area (TPSA) is 213 Å². The molecule has 0 saturated carbocycles. The number of hydrogen-bond donors (Lipinski definition) is 4. The van der Waals surface area contributed by atoms with E-state index >= 15 is 0 Å². The molecule has 3 aromatic carbocycles. The molecule has 0 bridgehead atoms. The van der Waals surface area contributed by atoms with E-state index < -0.39 is 67.7 Å². The number of rotatable bonds is 11. The van der Waals surface area contributed by atoms with E-state index in [-0.39, 0.29) is 37.4 Å².